The van der Waals surface area contributed by atoms with Gasteiger partial charge in [0.25, 0.3) is 0 Å². The maximum absolute atomic E-state index is 13.0. The molecule has 19 heteroatoms. The molecule has 0 aromatic heterocycles. The van der Waals surface area contributed by atoms with Crippen molar-refractivity contribution in [2.75, 3.05) is 39.6 Å². The molecular weight excluding hydrogens is 1170 g/mol. The summed E-state index contributed by atoms with van der Waals surface area (Å²) >= 11 is 0. The Balaban J connectivity index is 5.21. The van der Waals surface area contributed by atoms with E-state index in [0.29, 0.717) is 25.7 Å². The Bertz CT molecular complexity index is 1770. The maximum atomic E-state index is 13.0. The SMILES string of the molecule is CCC(C)CCCCCCCCC(=O)OC[C@H](COP(=O)(O)OC[C@H](O)COP(=O)(O)OC[C@@H](COC(=O)CCCCCCCCC(C)CC)OC(=O)CCCCCCCCC(C)CC)OC(=O)CCCCCCCCCCCCCCCCCCC(C)C. The minimum Gasteiger partial charge on any atom is -0.462 e. The molecule has 8 atom stereocenters. The lowest BCUT2D eigenvalue weighted by atomic mass is 10.00. The van der Waals surface area contributed by atoms with Gasteiger partial charge in [-0.05, 0) is 49.4 Å². The summed E-state index contributed by atoms with van der Waals surface area (Å²) in [6.07, 6.45) is 41.9. The lowest BCUT2D eigenvalue weighted by molar-refractivity contribution is -0.161. The standard InChI is InChI=1S/C70H136O17P2/c1-9-61(6)47-39-31-24-27-34-42-50-67(72)80-56-65(86-69(74)52-44-36-23-21-19-17-15-13-12-14-16-18-20-22-30-38-46-60(4)5)58-84-88(76,77)82-54-64(71)55-83-89(78,79)85-59-66(87-70(75)53-45-37-29-26-33-41-49-63(8)11-3)57-81-68(73)51-43-35-28-25-32-40-48-62(7)10-2/h60-66,71H,9-59H2,1-8H3,(H,76,77)(H,78,79)/t61?,62?,63?,64-,65+,66+/m0/s1. The second-order valence-corrected chi connectivity index (χ2v) is 29.4. The zero-order valence-corrected chi connectivity index (χ0v) is 59.8. The van der Waals surface area contributed by atoms with E-state index < -0.39 is 97.5 Å². The van der Waals surface area contributed by atoms with E-state index in [1.807, 2.05) is 0 Å². The van der Waals surface area contributed by atoms with Gasteiger partial charge in [0.2, 0.25) is 0 Å². The first-order valence-electron chi connectivity index (χ1n) is 36.3. The summed E-state index contributed by atoms with van der Waals surface area (Å²) in [5.41, 5.74) is 0. The second-order valence-electron chi connectivity index (χ2n) is 26.5. The number of phosphoric ester groups is 2. The van der Waals surface area contributed by atoms with E-state index in [-0.39, 0.29) is 25.7 Å². The van der Waals surface area contributed by atoms with Crippen molar-refractivity contribution >= 4 is 39.5 Å². The number of phosphoric acid groups is 2. The quantitative estimate of drug-likeness (QED) is 0.0222. The summed E-state index contributed by atoms with van der Waals surface area (Å²) < 4.78 is 68.2. The Morgan fingerprint density at radius 1 is 0.315 bits per heavy atom. The van der Waals surface area contributed by atoms with Crippen molar-refractivity contribution in [2.45, 2.75) is 363 Å². The Morgan fingerprint density at radius 2 is 0.539 bits per heavy atom. The molecule has 0 bridgehead atoms. The third kappa shape index (κ3) is 60.7. The van der Waals surface area contributed by atoms with Crippen LogP contribution in [0.2, 0.25) is 0 Å². The Kier molecular flexibility index (Phi) is 58.5. The number of ether oxygens (including phenoxy) is 4. The van der Waals surface area contributed by atoms with Crippen LogP contribution in [-0.2, 0) is 65.4 Å². The zero-order chi connectivity index (χ0) is 66.1. The van der Waals surface area contributed by atoms with Gasteiger partial charge in [-0.15, -0.1) is 0 Å². The van der Waals surface area contributed by atoms with Crippen molar-refractivity contribution < 1.29 is 80.2 Å². The molecule has 0 aliphatic rings. The number of unbranched alkanes of at least 4 members (excludes halogenated alkanes) is 30. The molecule has 0 fully saturated rings. The Hall–Kier alpha value is -1.94. The molecule has 17 nitrogen and oxygen atoms in total. The molecule has 0 aromatic carbocycles. The van der Waals surface area contributed by atoms with Crippen molar-refractivity contribution in [3.05, 3.63) is 0 Å². The molecular formula is C70H136O17P2. The van der Waals surface area contributed by atoms with E-state index in [4.69, 9.17) is 37.0 Å². The number of hydrogen-bond acceptors (Lipinski definition) is 15. The molecule has 0 aromatic rings. The topological polar surface area (TPSA) is 237 Å². The predicted octanol–water partition coefficient (Wildman–Crippen LogP) is 19.7. The molecule has 89 heavy (non-hydrogen) atoms. The van der Waals surface area contributed by atoms with Gasteiger partial charge in [-0.2, -0.15) is 0 Å². The molecule has 0 radical (unpaired) electrons. The molecule has 0 aliphatic carbocycles. The van der Waals surface area contributed by atoms with E-state index in [0.717, 1.165) is 126 Å². The maximum Gasteiger partial charge on any atom is 0.472 e. The van der Waals surface area contributed by atoms with Crippen LogP contribution in [0.3, 0.4) is 0 Å². The Morgan fingerprint density at radius 3 is 0.798 bits per heavy atom. The van der Waals surface area contributed by atoms with Gasteiger partial charge in [-0.1, -0.05) is 293 Å². The van der Waals surface area contributed by atoms with Crippen LogP contribution in [0.25, 0.3) is 0 Å². The number of aliphatic hydroxyl groups excluding tert-OH is 1. The summed E-state index contributed by atoms with van der Waals surface area (Å²) in [6, 6.07) is 0. The summed E-state index contributed by atoms with van der Waals surface area (Å²) in [5, 5.41) is 10.6. The van der Waals surface area contributed by atoms with Gasteiger partial charge in [-0.25, -0.2) is 9.13 Å². The number of carbonyl (C=O) groups excluding carboxylic acids is 4. The molecule has 0 saturated heterocycles. The first-order valence-corrected chi connectivity index (χ1v) is 39.3. The summed E-state index contributed by atoms with van der Waals surface area (Å²) in [7, 11) is -9.90. The highest BCUT2D eigenvalue weighted by Crippen LogP contribution is 2.45. The fourth-order valence-corrected chi connectivity index (χ4v) is 12.0. The molecule has 0 aliphatic heterocycles. The van der Waals surface area contributed by atoms with E-state index in [1.165, 1.54) is 135 Å². The first-order chi connectivity index (χ1) is 42.7. The van der Waals surface area contributed by atoms with Gasteiger partial charge in [-0.3, -0.25) is 37.3 Å². The van der Waals surface area contributed by atoms with Gasteiger partial charge >= 0.3 is 39.5 Å². The fourth-order valence-electron chi connectivity index (χ4n) is 10.4. The number of hydrogen-bond donors (Lipinski definition) is 3. The number of rotatable bonds is 67. The number of aliphatic hydroxyl groups is 1. The van der Waals surface area contributed by atoms with E-state index >= 15 is 0 Å². The largest absolute Gasteiger partial charge is 0.472 e. The molecule has 528 valence electrons. The van der Waals surface area contributed by atoms with Crippen LogP contribution in [0.4, 0.5) is 0 Å². The van der Waals surface area contributed by atoms with Gasteiger partial charge in [0.15, 0.2) is 12.2 Å². The van der Waals surface area contributed by atoms with E-state index in [9.17, 15) is 43.2 Å². The van der Waals surface area contributed by atoms with Crippen molar-refractivity contribution in [1.29, 1.82) is 0 Å². The minimum absolute atomic E-state index is 0.102. The summed E-state index contributed by atoms with van der Waals surface area (Å²) in [6.45, 7) is 14.0. The first kappa shape index (κ1) is 87.1. The average molecular weight is 1310 g/mol. The molecule has 3 N–H and O–H groups in total. The molecule has 0 saturated carbocycles. The van der Waals surface area contributed by atoms with Crippen LogP contribution in [0.1, 0.15) is 344 Å². The van der Waals surface area contributed by atoms with Crippen LogP contribution in [0, 0.1) is 23.7 Å². The van der Waals surface area contributed by atoms with Crippen LogP contribution >= 0.6 is 15.6 Å². The van der Waals surface area contributed by atoms with Crippen LogP contribution < -0.4 is 0 Å². The smallest absolute Gasteiger partial charge is 0.462 e. The van der Waals surface area contributed by atoms with E-state index in [2.05, 4.69) is 55.4 Å². The number of carbonyl (C=O) groups is 4. The third-order valence-electron chi connectivity index (χ3n) is 17.2. The highest BCUT2D eigenvalue weighted by molar-refractivity contribution is 7.47. The molecule has 0 rings (SSSR count). The van der Waals surface area contributed by atoms with Crippen LogP contribution in [0.15, 0.2) is 0 Å². The highest BCUT2D eigenvalue weighted by Gasteiger charge is 2.30. The predicted molar refractivity (Wildman–Crippen MR) is 358 cm³/mol. The summed E-state index contributed by atoms with van der Waals surface area (Å²) in [5.74, 6) is 0.856. The Labute approximate surface area is 543 Å². The molecule has 5 unspecified atom stereocenters. The van der Waals surface area contributed by atoms with Gasteiger partial charge in [0, 0.05) is 25.7 Å². The van der Waals surface area contributed by atoms with Crippen molar-refractivity contribution in [3.8, 4) is 0 Å². The van der Waals surface area contributed by atoms with Crippen molar-refractivity contribution in [3.63, 3.8) is 0 Å². The van der Waals surface area contributed by atoms with Crippen LogP contribution in [-0.4, -0.2) is 96.7 Å². The monoisotopic (exact) mass is 1310 g/mol. The normalized spacial score (nSPS) is 15.2. The number of esters is 4. The molecule has 0 heterocycles. The lowest BCUT2D eigenvalue weighted by Crippen LogP contribution is -2.30. The zero-order valence-electron chi connectivity index (χ0n) is 58.1. The minimum atomic E-state index is -4.95. The van der Waals surface area contributed by atoms with Crippen molar-refractivity contribution in [1.82, 2.24) is 0 Å². The average Bonchev–Trinajstić information content (AvgIpc) is 3.53. The van der Waals surface area contributed by atoms with Gasteiger partial charge in [0.1, 0.15) is 19.3 Å². The lowest BCUT2D eigenvalue weighted by Gasteiger charge is -2.21. The highest BCUT2D eigenvalue weighted by atomic mass is 31.2. The van der Waals surface area contributed by atoms with Gasteiger partial charge in [0.05, 0.1) is 26.4 Å². The summed E-state index contributed by atoms with van der Waals surface area (Å²) in [4.78, 5) is 72.5. The third-order valence-corrected chi connectivity index (χ3v) is 19.1. The van der Waals surface area contributed by atoms with Crippen LogP contribution in [0.5, 0.6) is 0 Å². The molecule has 0 amide bonds. The molecule has 0 spiro atoms. The van der Waals surface area contributed by atoms with E-state index in [1.54, 1.807) is 0 Å². The fraction of sp³-hybridized carbons (Fsp3) is 0.943. The van der Waals surface area contributed by atoms with Gasteiger partial charge < -0.3 is 33.8 Å². The van der Waals surface area contributed by atoms with Crippen molar-refractivity contribution in [2.24, 2.45) is 23.7 Å². The second kappa shape index (κ2) is 59.8.